The third-order valence-corrected chi connectivity index (χ3v) is 9.23. The summed E-state index contributed by atoms with van der Waals surface area (Å²) in [6.07, 6.45) is 4.12. The fourth-order valence-corrected chi connectivity index (χ4v) is 6.97. The molecule has 0 spiro atoms. The summed E-state index contributed by atoms with van der Waals surface area (Å²) >= 11 is 0. The maximum absolute atomic E-state index is 13.8. The van der Waals surface area contributed by atoms with Crippen LogP contribution in [0, 0.1) is 16.0 Å². The second-order valence-electron chi connectivity index (χ2n) is 12.1. The molecule has 4 aromatic rings. The van der Waals surface area contributed by atoms with E-state index in [0.717, 1.165) is 30.0 Å². The van der Waals surface area contributed by atoms with Crippen LogP contribution in [0.5, 0.6) is 0 Å². The number of carbonyl (C=O) groups is 2. The molecule has 2 aromatic carbocycles. The molecule has 2 aromatic heterocycles. The molecule has 12 nitrogen and oxygen atoms in total. The minimum absolute atomic E-state index is 0.0292. The van der Waals surface area contributed by atoms with Gasteiger partial charge in [0.1, 0.15) is 0 Å². The van der Waals surface area contributed by atoms with Gasteiger partial charge in [0.25, 0.3) is 23.1 Å². The monoisotopic (exact) mass is 619 g/mol. The van der Waals surface area contributed by atoms with Crippen LogP contribution >= 0.6 is 0 Å². The fourth-order valence-electron chi connectivity index (χ4n) is 6.97. The van der Waals surface area contributed by atoms with Crippen molar-refractivity contribution in [3.8, 4) is 0 Å². The Morgan fingerprint density at radius 2 is 1.67 bits per heavy atom. The number of hydrogen-bond acceptors (Lipinski definition) is 8. The van der Waals surface area contributed by atoms with Crippen LogP contribution in [-0.2, 0) is 6.54 Å². The van der Waals surface area contributed by atoms with Crippen molar-refractivity contribution in [1.29, 1.82) is 0 Å². The van der Waals surface area contributed by atoms with Gasteiger partial charge in [-0.3, -0.25) is 29.5 Å². The average Bonchev–Trinajstić information content (AvgIpc) is 3.09. The van der Waals surface area contributed by atoms with Gasteiger partial charge in [0, 0.05) is 99.3 Å². The van der Waals surface area contributed by atoms with Crippen LogP contribution in [0.2, 0.25) is 0 Å². The van der Waals surface area contributed by atoms with Gasteiger partial charge in [-0.2, -0.15) is 0 Å². The zero-order valence-electron chi connectivity index (χ0n) is 25.1. The summed E-state index contributed by atoms with van der Waals surface area (Å²) in [6, 6.07) is 20.8. The second-order valence-corrected chi connectivity index (χ2v) is 12.1. The molecule has 234 valence electrons. The lowest BCUT2D eigenvalue weighted by Crippen LogP contribution is -2.49. The maximum Gasteiger partial charge on any atom is 0.269 e. The van der Waals surface area contributed by atoms with Crippen LogP contribution in [0.25, 0.3) is 0 Å². The molecule has 5 heterocycles. The summed E-state index contributed by atoms with van der Waals surface area (Å²) in [6.45, 7) is 4.23. The standard InChI is InChI=1S/C34H33N7O5/c42-32-5-1-4-30-26-17-23(21-40(30)32)20-39(22-26)31-11-6-24(18-29(31)36-33(43)25-3-2-12-35-19-25)34(44)38-15-13-37(14-16-38)27-7-9-28(10-8-27)41(45)46/h1-12,18-19,23,26H,13-17,20-22H2,(H,36,43)/t23-,26+/m1/s1. The number of hydrogen-bond donors (Lipinski definition) is 1. The van der Waals surface area contributed by atoms with Crippen LogP contribution in [0.3, 0.4) is 0 Å². The molecule has 1 N–H and O–H groups in total. The van der Waals surface area contributed by atoms with E-state index in [9.17, 15) is 24.5 Å². The number of nitrogens with one attached hydrogen (secondary N) is 1. The number of carbonyl (C=O) groups excluding carboxylic acids is 2. The molecule has 0 aliphatic carbocycles. The van der Waals surface area contributed by atoms with E-state index >= 15 is 0 Å². The number of rotatable bonds is 6. The van der Waals surface area contributed by atoms with E-state index in [4.69, 9.17) is 0 Å². The highest BCUT2D eigenvalue weighted by Gasteiger charge is 2.35. The lowest BCUT2D eigenvalue weighted by Gasteiger charge is -2.44. The Balaban J connectivity index is 1.12. The Kier molecular flexibility index (Phi) is 7.69. The lowest BCUT2D eigenvalue weighted by atomic mass is 9.83. The first-order valence-corrected chi connectivity index (χ1v) is 15.4. The van der Waals surface area contributed by atoms with Crippen molar-refractivity contribution in [3.63, 3.8) is 0 Å². The van der Waals surface area contributed by atoms with Crippen molar-refractivity contribution in [2.75, 3.05) is 54.4 Å². The number of non-ortho nitro benzene ring substituents is 1. The SMILES string of the molecule is O=C(Nc1cc(C(=O)N2CCN(c3ccc([N+](=O)[O-])cc3)CC2)ccc1N1C[C@H]2C[C@@H](C1)c1cccc(=O)n1C2)c1cccnc1. The number of benzene rings is 2. The Hall–Kier alpha value is -5.52. The topological polar surface area (TPSA) is 134 Å². The molecule has 7 rings (SSSR count). The molecule has 0 unspecified atom stereocenters. The Morgan fingerprint density at radius 3 is 2.41 bits per heavy atom. The first-order valence-electron chi connectivity index (χ1n) is 15.4. The van der Waals surface area contributed by atoms with Gasteiger partial charge in [-0.1, -0.05) is 6.07 Å². The van der Waals surface area contributed by atoms with E-state index < -0.39 is 4.92 Å². The minimum atomic E-state index is -0.419. The van der Waals surface area contributed by atoms with Crippen molar-refractivity contribution in [2.24, 2.45) is 5.92 Å². The van der Waals surface area contributed by atoms with Crippen molar-refractivity contribution in [3.05, 3.63) is 122 Å². The summed E-state index contributed by atoms with van der Waals surface area (Å²) in [5.41, 5.74) is 4.25. The van der Waals surface area contributed by atoms with Gasteiger partial charge < -0.3 is 24.6 Å². The molecule has 2 fully saturated rings. The molecule has 2 bridgehead atoms. The first kappa shape index (κ1) is 29.2. The highest BCUT2D eigenvalue weighted by Crippen LogP contribution is 2.39. The Labute approximate surface area is 265 Å². The van der Waals surface area contributed by atoms with E-state index in [1.54, 1.807) is 47.5 Å². The van der Waals surface area contributed by atoms with Crippen molar-refractivity contribution in [2.45, 2.75) is 18.9 Å². The zero-order valence-corrected chi connectivity index (χ0v) is 25.1. The third-order valence-electron chi connectivity index (χ3n) is 9.23. The van der Waals surface area contributed by atoms with Gasteiger partial charge in [0.2, 0.25) is 0 Å². The summed E-state index contributed by atoms with van der Waals surface area (Å²) in [5, 5.41) is 14.1. The van der Waals surface area contributed by atoms with Crippen molar-refractivity contribution >= 4 is 34.6 Å². The summed E-state index contributed by atoms with van der Waals surface area (Å²) in [7, 11) is 0. The van der Waals surface area contributed by atoms with Crippen LogP contribution in [-0.4, -0.2) is 70.5 Å². The number of pyridine rings is 2. The van der Waals surface area contributed by atoms with Gasteiger partial charge in [0.15, 0.2) is 0 Å². The number of fused-ring (bicyclic) bond motifs is 4. The quantitative estimate of drug-likeness (QED) is 0.253. The van der Waals surface area contributed by atoms with Gasteiger partial charge in [-0.25, -0.2) is 0 Å². The van der Waals surface area contributed by atoms with E-state index in [2.05, 4.69) is 20.1 Å². The van der Waals surface area contributed by atoms with Gasteiger partial charge in [-0.15, -0.1) is 0 Å². The number of nitro groups is 1. The van der Waals surface area contributed by atoms with E-state index in [0.29, 0.717) is 56.1 Å². The van der Waals surface area contributed by atoms with Crippen LogP contribution in [0.1, 0.15) is 38.7 Å². The van der Waals surface area contributed by atoms with Crippen LogP contribution < -0.4 is 20.7 Å². The van der Waals surface area contributed by atoms with Gasteiger partial charge >= 0.3 is 0 Å². The molecule has 0 saturated carbocycles. The molecular weight excluding hydrogens is 586 g/mol. The molecule has 46 heavy (non-hydrogen) atoms. The number of aromatic nitrogens is 2. The van der Waals surface area contributed by atoms with Gasteiger partial charge in [-0.05, 0) is 60.9 Å². The molecule has 0 radical (unpaired) electrons. The molecule has 3 aliphatic rings. The predicted octanol–water partition coefficient (Wildman–Crippen LogP) is 3.99. The molecule has 2 atom stereocenters. The summed E-state index contributed by atoms with van der Waals surface area (Å²) in [4.78, 5) is 60.5. The molecule has 2 saturated heterocycles. The zero-order chi connectivity index (χ0) is 31.8. The van der Waals surface area contributed by atoms with Crippen LogP contribution in [0.4, 0.5) is 22.7 Å². The Morgan fingerprint density at radius 1 is 0.870 bits per heavy atom. The van der Waals surface area contributed by atoms with Crippen LogP contribution in [0.15, 0.2) is 90.0 Å². The Bertz CT molecular complexity index is 1850. The summed E-state index contributed by atoms with van der Waals surface area (Å²) in [5.74, 6) is 0.0126. The fraction of sp³-hybridized carbons (Fsp3) is 0.294. The number of piperazine rings is 1. The second kappa shape index (κ2) is 12.1. The smallest absolute Gasteiger partial charge is 0.269 e. The molecule has 12 heteroatoms. The van der Waals surface area contributed by atoms with Crippen molar-refractivity contribution < 1.29 is 14.5 Å². The largest absolute Gasteiger partial charge is 0.369 e. The minimum Gasteiger partial charge on any atom is -0.369 e. The first-order chi connectivity index (χ1) is 22.3. The molecular formula is C34H33N7O5. The molecule has 3 aliphatic heterocycles. The lowest BCUT2D eigenvalue weighted by molar-refractivity contribution is -0.384. The number of nitro benzene ring substituents is 1. The number of piperidine rings is 1. The summed E-state index contributed by atoms with van der Waals surface area (Å²) < 4.78 is 1.89. The average molecular weight is 620 g/mol. The number of nitrogens with zero attached hydrogens (tertiary/aromatic N) is 6. The van der Waals surface area contributed by atoms with Gasteiger partial charge in [0.05, 0.1) is 21.9 Å². The van der Waals surface area contributed by atoms with E-state index in [1.165, 1.54) is 18.3 Å². The van der Waals surface area contributed by atoms with E-state index in [-0.39, 0.29) is 34.9 Å². The van der Waals surface area contributed by atoms with Crippen molar-refractivity contribution in [1.82, 2.24) is 14.5 Å². The number of anilines is 3. The number of amides is 2. The predicted molar refractivity (Wildman–Crippen MR) is 174 cm³/mol. The molecule has 2 amide bonds. The maximum atomic E-state index is 13.8. The normalized spacial score (nSPS) is 18.9. The highest BCUT2D eigenvalue weighted by molar-refractivity contribution is 6.07. The third kappa shape index (κ3) is 5.69. The highest BCUT2D eigenvalue weighted by atomic mass is 16.6. The van der Waals surface area contributed by atoms with E-state index in [1.807, 2.05) is 28.8 Å².